The van der Waals surface area contributed by atoms with E-state index in [0.29, 0.717) is 21.5 Å². The van der Waals surface area contributed by atoms with Gasteiger partial charge >= 0.3 is 7.82 Å². The van der Waals surface area contributed by atoms with Crippen molar-refractivity contribution in [1.82, 2.24) is 20.0 Å². The highest BCUT2D eigenvalue weighted by molar-refractivity contribution is 9.10. The van der Waals surface area contributed by atoms with Gasteiger partial charge in [0.05, 0.1) is 12.8 Å². The minimum Gasteiger partial charge on any atom is -0.394 e. The molecule has 38 heavy (non-hydrogen) atoms. The number of aliphatic hydroxyl groups excluding tert-OH is 2. The lowest BCUT2D eigenvalue weighted by Gasteiger charge is -2.43. The average Bonchev–Trinajstić information content (AvgIpc) is 3.33. The molecule has 1 saturated heterocycles. The quantitative estimate of drug-likeness (QED) is 0.153. The number of hydrogen-bond donors (Lipinski definition) is 4. The van der Waals surface area contributed by atoms with Crippen LogP contribution in [0.5, 0.6) is 0 Å². The molecule has 1 fully saturated rings. The lowest BCUT2D eigenvalue weighted by molar-refractivity contribution is -0.207. The first-order valence-corrected chi connectivity index (χ1v) is 13.8. The van der Waals surface area contributed by atoms with E-state index in [4.69, 9.17) is 19.3 Å². The first kappa shape index (κ1) is 29.1. The van der Waals surface area contributed by atoms with Crippen LogP contribution in [0.1, 0.15) is 6.04 Å². The van der Waals surface area contributed by atoms with Crippen LogP contribution < -0.4 is 0 Å². The van der Waals surface area contributed by atoms with Gasteiger partial charge in [-0.1, -0.05) is 17.0 Å². The normalized spacial score (nSPS) is 24.1. The topological polar surface area (TPSA) is 169 Å². The van der Waals surface area contributed by atoms with Gasteiger partial charge in [-0.15, -0.1) is 5.10 Å². The lowest BCUT2D eigenvalue weighted by Crippen LogP contribution is -2.56. The van der Waals surface area contributed by atoms with Gasteiger partial charge < -0.3 is 29.5 Å². The van der Waals surface area contributed by atoms with Crippen LogP contribution in [0.2, 0.25) is 0 Å². The number of rotatable bonds is 9. The van der Waals surface area contributed by atoms with E-state index >= 15 is 0 Å². The number of thioether (sulfide) groups is 1. The van der Waals surface area contributed by atoms with Crippen molar-refractivity contribution < 1.29 is 51.7 Å². The van der Waals surface area contributed by atoms with Crippen LogP contribution >= 0.6 is 35.5 Å². The van der Waals surface area contributed by atoms with Crippen LogP contribution in [0.4, 0.5) is 13.2 Å². The van der Waals surface area contributed by atoms with Gasteiger partial charge in [-0.05, 0) is 34.1 Å². The zero-order valence-corrected chi connectivity index (χ0v) is 22.1. The van der Waals surface area contributed by atoms with Crippen LogP contribution in [0.25, 0.3) is 11.3 Å². The second-order valence-corrected chi connectivity index (χ2v) is 11.2. The molecule has 3 heterocycles. The maximum Gasteiger partial charge on any atom is 0.471 e. The van der Waals surface area contributed by atoms with Crippen LogP contribution in [-0.2, 0) is 18.6 Å². The predicted molar refractivity (Wildman–Crippen MR) is 127 cm³/mol. The number of nitrogens with zero attached hydrogens (tertiary/aromatic N) is 4. The molecule has 5 unspecified atom stereocenters. The summed E-state index contributed by atoms with van der Waals surface area (Å²) in [5, 5.41) is 28.6. The fourth-order valence-electron chi connectivity index (χ4n) is 3.66. The second kappa shape index (κ2) is 12.1. The maximum absolute atomic E-state index is 13.8. The monoisotopic (exact) mass is 642 g/mol. The molecule has 0 amide bonds. The average molecular weight is 643 g/mol. The Morgan fingerprint density at radius 2 is 1.89 bits per heavy atom. The van der Waals surface area contributed by atoms with Gasteiger partial charge in [0.1, 0.15) is 35.5 Å². The number of aromatic nitrogens is 4. The third-order valence-electron chi connectivity index (χ3n) is 5.33. The molecule has 0 radical (unpaired) electrons. The third kappa shape index (κ3) is 6.80. The molecule has 1 aliphatic rings. The summed E-state index contributed by atoms with van der Waals surface area (Å²) < 4.78 is 69.6. The van der Waals surface area contributed by atoms with Crippen molar-refractivity contribution >= 4 is 35.5 Å². The minimum absolute atomic E-state index is 0.0901. The molecule has 2 aromatic heterocycles. The maximum atomic E-state index is 13.8. The van der Waals surface area contributed by atoms with Crippen molar-refractivity contribution in [3.05, 3.63) is 58.7 Å². The van der Waals surface area contributed by atoms with Gasteiger partial charge in [-0.25, -0.2) is 22.4 Å². The molecular weight excluding hydrogens is 624 g/mol. The molecule has 5 atom stereocenters. The fraction of sp³-hybridized carbons (Fsp3) is 0.350. The van der Waals surface area contributed by atoms with E-state index in [1.165, 1.54) is 18.6 Å². The van der Waals surface area contributed by atoms with Crippen molar-refractivity contribution in [2.45, 2.75) is 34.7 Å². The summed E-state index contributed by atoms with van der Waals surface area (Å²) in [6.45, 7) is -1.55. The number of pyridine rings is 1. The molecule has 12 nitrogen and oxygen atoms in total. The number of phosphoric acid groups is 1. The largest absolute Gasteiger partial charge is 0.471 e. The van der Waals surface area contributed by atoms with E-state index in [2.05, 4.69) is 35.7 Å². The number of phosphoric ester groups is 1. The minimum atomic E-state index is -4.93. The van der Waals surface area contributed by atoms with Gasteiger partial charge in [-0.2, -0.15) is 0 Å². The molecule has 0 spiro atoms. The predicted octanol–water partition coefficient (Wildman–Crippen LogP) is 2.38. The Kier molecular flexibility index (Phi) is 9.24. The molecule has 4 rings (SSSR count). The van der Waals surface area contributed by atoms with Crippen LogP contribution in [-0.4, -0.2) is 77.1 Å². The highest BCUT2D eigenvalue weighted by Gasteiger charge is 2.48. The highest BCUT2D eigenvalue weighted by atomic mass is 79.9. The van der Waals surface area contributed by atoms with Gasteiger partial charge in [0.25, 0.3) is 0 Å². The Hall–Kier alpha value is -1.92. The number of aliphatic hydroxyl groups is 2. The summed E-state index contributed by atoms with van der Waals surface area (Å²) in [6, 6.07) is 1.91. The lowest BCUT2D eigenvalue weighted by atomic mass is 9.97. The summed E-state index contributed by atoms with van der Waals surface area (Å²) in [5.41, 5.74) is -1.26. The van der Waals surface area contributed by atoms with E-state index in [1.54, 1.807) is 6.07 Å². The molecule has 0 bridgehead atoms. The zero-order chi connectivity index (χ0) is 27.6. The van der Waals surface area contributed by atoms with E-state index in [0.717, 1.165) is 16.4 Å². The van der Waals surface area contributed by atoms with Crippen molar-refractivity contribution in [1.29, 1.82) is 0 Å². The van der Waals surface area contributed by atoms with Crippen molar-refractivity contribution in [3.63, 3.8) is 0 Å². The first-order valence-electron chi connectivity index (χ1n) is 10.6. The summed E-state index contributed by atoms with van der Waals surface area (Å²) in [6.07, 6.45) is 0.320. The fourth-order valence-corrected chi connectivity index (χ4v) is 5.53. The summed E-state index contributed by atoms with van der Waals surface area (Å²) >= 11 is 4.35. The Balaban J connectivity index is 1.71. The van der Waals surface area contributed by atoms with Crippen LogP contribution in [0, 0.1) is 17.5 Å². The molecule has 18 heteroatoms. The van der Waals surface area contributed by atoms with Crippen molar-refractivity contribution in [2.24, 2.45) is 0 Å². The Morgan fingerprint density at radius 3 is 2.53 bits per heavy atom. The Labute approximate surface area is 225 Å². The zero-order valence-electron chi connectivity index (χ0n) is 18.8. The molecule has 0 saturated carbocycles. The molecule has 206 valence electrons. The summed E-state index contributed by atoms with van der Waals surface area (Å²) in [5.74, 6) is -4.56. The Bertz CT molecular complexity index is 1310. The van der Waals surface area contributed by atoms with E-state index in [9.17, 15) is 27.9 Å². The number of benzene rings is 1. The van der Waals surface area contributed by atoms with Crippen LogP contribution in [0.3, 0.4) is 0 Å². The number of halogens is 4. The summed E-state index contributed by atoms with van der Waals surface area (Å²) in [7, 11) is -4.93. The molecular formula is C20H19BrF3N4O8PS. The molecule has 1 aromatic carbocycles. The first-order chi connectivity index (χ1) is 18.0. The molecule has 3 aromatic rings. The molecule has 1 aliphatic heterocycles. The molecule has 4 N–H and O–H groups in total. The number of hydrogen-bond acceptors (Lipinski definition) is 10. The van der Waals surface area contributed by atoms with Crippen molar-refractivity contribution in [3.8, 4) is 11.3 Å². The SMILES string of the molecule is O=P(O)(O)OCOC1C(Sc2cncc(Br)c2)OC(CO)C(O)C1n1cc(-c2cc(F)c(F)c(F)c2)nn1. The van der Waals surface area contributed by atoms with Crippen molar-refractivity contribution in [2.75, 3.05) is 13.4 Å². The van der Waals surface area contributed by atoms with E-state index < -0.39 is 68.5 Å². The van der Waals surface area contributed by atoms with Crippen LogP contribution in [0.15, 0.2) is 46.2 Å². The standard InChI is InChI=1S/C20H19BrF3N4O8PS/c21-10-3-11(5-25-4-10)38-20-19(34-8-35-37(31,32)33)17(18(30)15(7-29)36-20)28-6-14(26-27-28)9-1-12(22)16(24)13(23)2-9/h1-6,15,17-20,29-30H,7-8H2,(H2,31,32,33). The van der Waals surface area contributed by atoms with E-state index in [-0.39, 0.29) is 11.3 Å². The summed E-state index contributed by atoms with van der Waals surface area (Å²) in [4.78, 5) is 22.7. The smallest absolute Gasteiger partial charge is 0.394 e. The second-order valence-electron chi connectivity index (χ2n) is 7.87. The highest BCUT2D eigenvalue weighted by Crippen LogP contribution is 2.41. The van der Waals surface area contributed by atoms with Gasteiger partial charge in [0.15, 0.2) is 24.2 Å². The Morgan fingerprint density at radius 1 is 1.18 bits per heavy atom. The van der Waals surface area contributed by atoms with Gasteiger partial charge in [-0.3, -0.25) is 9.51 Å². The molecule has 0 aliphatic carbocycles. The van der Waals surface area contributed by atoms with E-state index in [1.807, 2.05) is 0 Å². The van der Waals surface area contributed by atoms with Gasteiger partial charge in [0.2, 0.25) is 0 Å². The van der Waals surface area contributed by atoms with Gasteiger partial charge in [0, 0.05) is 27.3 Å². The third-order valence-corrected chi connectivity index (χ3v) is 7.32. The number of ether oxygens (including phenoxy) is 2.